The SMILES string of the molecule is Cc1cc2c(-n3nc(C)c(Br)c3C)nc(Cl)nc2s1. The highest BCUT2D eigenvalue weighted by Crippen LogP contribution is 2.31. The lowest BCUT2D eigenvalue weighted by Gasteiger charge is -2.05. The number of rotatable bonds is 1. The van der Waals surface area contributed by atoms with E-state index in [1.165, 1.54) is 4.88 Å². The molecule has 3 aromatic heterocycles. The smallest absolute Gasteiger partial charge is 0.218 e. The zero-order valence-corrected chi connectivity index (χ0v) is 13.7. The van der Waals surface area contributed by atoms with E-state index in [1.807, 2.05) is 25.5 Å². The van der Waals surface area contributed by atoms with Crippen LogP contribution in [0.15, 0.2) is 10.5 Å². The van der Waals surface area contributed by atoms with Gasteiger partial charge in [-0.1, -0.05) is 0 Å². The minimum absolute atomic E-state index is 0.244. The van der Waals surface area contributed by atoms with Gasteiger partial charge in [-0.05, 0) is 54.4 Å². The first-order valence-corrected chi connectivity index (χ1v) is 7.62. The molecule has 0 N–H and O–H groups in total. The Hall–Kier alpha value is -0.980. The zero-order chi connectivity index (χ0) is 13.7. The second kappa shape index (κ2) is 4.54. The predicted molar refractivity (Wildman–Crippen MR) is 81.5 cm³/mol. The summed E-state index contributed by atoms with van der Waals surface area (Å²) in [5.74, 6) is 0.727. The fraction of sp³-hybridized carbons (Fsp3) is 0.250. The molecule has 3 rings (SSSR count). The van der Waals surface area contributed by atoms with E-state index >= 15 is 0 Å². The van der Waals surface area contributed by atoms with Crippen LogP contribution in [0.4, 0.5) is 0 Å². The van der Waals surface area contributed by atoms with Crippen LogP contribution in [0.3, 0.4) is 0 Å². The van der Waals surface area contributed by atoms with E-state index in [0.717, 1.165) is 31.9 Å². The maximum atomic E-state index is 6.01. The van der Waals surface area contributed by atoms with Gasteiger partial charge in [-0.2, -0.15) is 10.1 Å². The second-order valence-electron chi connectivity index (χ2n) is 4.29. The third-order valence-corrected chi connectivity index (χ3v) is 5.13. The van der Waals surface area contributed by atoms with Gasteiger partial charge in [0.15, 0.2) is 5.82 Å². The van der Waals surface area contributed by atoms with Gasteiger partial charge in [0.25, 0.3) is 0 Å². The second-order valence-corrected chi connectivity index (χ2v) is 6.65. The van der Waals surface area contributed by atoms with Crippen molar-refractivity contribution in [2.24, 2.45) is 0 Å². The molecule has 0 saturated carbocycles. The molecular weight excluding hydrogens is 348 g/mol. The minimum atomic E-state index is 0.244. The Morgan fingerprint density at radius 1 is 1.26 bits per heavy atom. The summed E-state index contributed by atoms with van der Waals surface area (Å²) >= 11 is 11.1. The Kier molecular flexibility index (Phi) is 3.11. The molecule has 0 spiro atoms. The van der Waals surface area contributed by atoms with Crippen LogP contribution in [0.25, 0.3) is 16.0 Å². The molecule has 98 valence electrons. The molecule has 0 saturated heterocycles. The lowest BCUT2D eigenvalue weighted by Crippen LogP contribution is -2.03. The summed E-state index contributed by atoms with van der Waals surface area (Å²) in [6.45, 7) is 5.98. The third kappa shape index (κ3) is 2.07. The highest BCUT2D eigenvalue weighted by atomic mass is 79.9. The van der Waals surface area contributed by atoms with Crippen molar-refractivity contribution in [3.05, 3.63) is 32.1 Å². The molecule has 0 unspecified atom stereocenters. The van der Waals surface area contributed by atoms with Crippen molar-refractivity contribution in [3.63, 3.8) is 0 Å². The van der Waals surface area contributed by atoms with Crippen LogP contribution in [0.2, 0.25) is 5.28 Å². The molecule has 0 radical (unpaired) electrons. The summed E-state index contributed by atoms with van der Waals surface area (Å²) in [6.07, 6.45) is 0. The van der Waals surface area contributed by atoms with Crippen LogP contribution in [0.5, 0.6) is 0 Å². The Labute approximate surface area is 127 Å². The molecule has 0 bridgehead atoms. The lowest BCUT2D eigenvalue weighted by molar-refractivity contribution is 0.810. The summed E-state index contributed by atoms with van der Waals surface area (Å²) in [4.78, 5) is 10.7. The summed E-state index contributed by atoms with van der Waals surface area (Å²) in [5, 5.41) is 5.73. The molecule has 7 heteroatoms. The van der Waals surface area contributed by atoms with E-state index < -0.39 is 0 Å². The normalized spacial score (nSPS) is 11.4. The highest BCUT2D eigenvalue weighted by molar-refractivity contribution is 9.10. The van der Waals surface area contributed by atoms with Gasteiger partial charge in [-0.15, -0.1) is 11.3 Å². The van der Waals surface area contributed by atoms with Crippen LogP contribution in [-0.4, -0.2) is 19.7 Å². The summed E-state index contributed by atoms with van der Waals surface area (Å²) in [7, 11) is 0. The quantitative estimate of drug-likeness (QED) is 0.612. The van der Waals surface area contributed by atoms with E-state index in [4.69, 9.17) is 11.6 Å². The van der Waals surface area contributed by atoms with Crippen molar-refractivity contribution in [3.8, 4) is 5.82 Å². The number of aromatic nitrogens is 4. The van der Waals surface area contributed by atoms with Gasteiger partial charge in [0.1, 0.15) is 4.83 Å². The van der Waals surface area contributed by atoms with Gasteiger partial charge in [0, 0.05) is 4.88 Å². The Morgan fingerprint density at radius 2 is 2.00 bits per heavy atom. The van der Waals surface area contributed by atoms with Gasteiger partial charge in [0.2, 0.25) is 5.28 Å². The number of fused-ring (bicyclic) bond motifs is 1. The fourth-order valence-corrected chi connectivity index (χ4v) is 3.33. The Morgan fingerprint density at radius 3 is 2.63 bits per heavy atom. The van der Waals surface area contributed by atoms with Crippen LogP contribution in [0, 0.1) is 20.8 Å². The van der Waals surface area contributed by atoms with Crippen molar-refractivity contribution in [1.29, 1.82) is 0 Å². The molecule has 0 aliphatic rings. The average Bonchev–Trinajstić information content (AvgIpc) is 2.83. The number of hydrogen-bond acceptors (Lipinski definition) is 4. The summed E-state index contributed by atoms with van der Waals surface area (Å²) in [5.41, 5.74) is 1.92. The standard InChI is InChI=1S/C12H10BrClN4S/c1-5-4-8-10(15-12(14)16-11(8)19-5)18-7(3)9(13)6(2)17-18/h4H,1-3H3. The molecule has 19 heavy (non-hydrogen) atoms. The molecule has 0 aliphatic heterocycles. The molecule has 0 fully saturated rings. The molecule has 0 atom stereocenters. The van der Waals surface area contributed by atoms with Gasteiger partial charge >= 0.3 is 0 Å². The van der Waals surface area contributed by atoms with Crippen molar-refractivity contribution in [2.75, 3.05) is 0 Å². The van der Waals surface area contributed by atoms with Crippen molar-refractivity contribution in [2.45, 2.75) is 20.8 Å². The van der Waals surface area contributed by atoms with Crippen molar-refractivity contribution < 1.29 is 0 Å². The van der Waals surface area contributed by atoms with E-state index in [-0.39, 0.29) is 5.28 Å². The van der Waals surface area contributed by atoms with Crippen LogP contribution in [0.1, 0.15) is 16.3 Å². The van der Waals surface area contributed by atoms with Gasteiger partial charge in [0.05, 0.1) is 21.2 Å². The molecular formula is C12H10BrClN4S. The van der Waals surface area contributed by atoms with Gasteiger partial charge in [-0.25, -0.2) is 9.67 Å². The molecule has 0 amide bonds. The average molecular weight is 358 g/mol. The van der Waals surface area contributed by atoms with Crippen molar-refractivity contribution >= 4 is 49.1 Å². The number of aryl methyl sites for hydroxylation is 2. The first kappa shape index (κ1) is 13.0. The minimum Gasteiger partial charge on any atom is -0.218 e. The molecule has 3 aromatic rings. The molecule has 3 heterocycles. The summed E-state index contributed by atoms with van der Waals surface area (Å²) < 4.78 is 2.80. The zero-order valence-electron chi connectivity index (χ0n) is 10.5. The molecule has 0 aliphatic carbocycles. The van der Waals surface area contributed by atoms with E-state index in [1.54, 1.807) is 11.3 Å². The van der Waals surface area contributed by atoms with Crippen LogP contribution < -0.4 is 0 Å². The van der Waals surface area contributed by atoms with Crippen molar-refractivity contribution in [1.82, 2.24) is 19.7 Å². The maximum absolute atomic E-state index is 6.01. The maximum Gasteiger partial charge on any atom is 0.225 e. The number of nitrogens with zero attached hydrogens (tertiary/aromatic N) is 4. The van der Waals surface area contributed by atoms with Crippen LogP contribution in [-0.2, 0) is 0 Å². The molecule has 4 nitrogen and oxygen atoms in total. The fourth-order valence-electron chi connectivity index (χ4n) is 1.99. The predicted octanol–water partition coefficient (Wildman–Crippen LogP) is 4.22. The monoisotopic (exact) mass is 356 g/mol. The topological polar surface area (TPSA) is 43.6 Å². The van der Waals surface area contributed by atoms with Gasteiger partial charge in [-0.3, -0.25) is 0 Å². The Balaban J connectivity index is 2.38. The highest BCUT2D eigenvalue weighted by Gasteiger charge is 2.16. The van der Waals surface area contributed by atoms with E-state index in [0.29, 0.717) is 0 Å². The number of halogens is 2. The first-order valence-electron chi connectivity index (χ1n) is 5.63. The van der Waals surface area contributed by atoms with E-state index in [2.05, 4.69) is 37.1 Å². The third-order valence-electron chi connectivity index (χ3n) is 2.87. The largest absolute Gasteiger partial charge is 0.225 e. The number of hydrogen-bond donors (Lipinski definition) is 0. The van der Waals surface area contributed by atoms with Crippen LogP contribution >= 0.6 is 38.9 Å². The Bertz CT molecular complexity index is 793. The first-order chi connectivity index (χ1) is 8.97. The van der Waals surface area contributed by atoms with Gasteiger partial charge < -0.3 is 0 Å². The summed E-state index contributed by atoms with van der Waals surface area (Å²) in [6, 6.07) is 2.07. The van der Waals surface area contributed by atoms with E-state index in [9.17, 15) is 0 Å². The molecule has 0 aromatic carbocycles. The number of thiophene rings is 1. The lowest BCUT2D eigenvalue weighted by atomic mass is 10.3.